The van der Waals surface area contributed by atoms with Crippen molar-refractivity contribution in [1.82, 2.24) is 5.32 Å². The molecule has 0 spiro atoms. The summed E-state index contributed by atoms with van der Waals surface area (Å²) in [7, 11) is 3.10. The molecule has 2 amide bonds. The Morgan fingerprint density at radius 2 is 1.45 bits per heavy atom. The van der Waals surface area contributed by atoms with E-state index >= 15 is 0 Å². The van der Waals surface area contributed by atoms with E-state index in [0.29, 0.717) is 39.5 Å². The molecule has 3 aromatic carbocycles. The summed E-state index contributed by atoms with van der Waals surface area (Å²) in [5.74, 6) is -0.469. The Bertz CT molecular complexity index is 1540. The predicted molar refractivity (Wildman–Crippen MR) is 146 cm³/mol. The molecule has 0 aliphatic carbocycles. The number of anilines is 1. The van der Waals surface area contributed by atoms with E-state index in [1.807, 2.05) is 0 Å². The average molecular weight is 540 g/mol. The minimum Gasteiger partial charge on any atom is -0.497 e. The zero-order valence-corrected chi connectivity index (χ0v) is 21.7. The lowest BCUT2D eigenvalue weighted by Gasteiger charge is -2.07. The molecule has 0 aliphatic rings. The van der Waals surface area contributed by atoms with Gasteiger partial charge in [0.05, 0.1) is 14.2 Å². The third-order valence-corrected chi connectivity index (χ3v) is 5.80. The van der Waals surface area contributed by atoms with Crippen molar-refractivity contribution in [3.05, 3.63) is 90.0 Å². The van der Waals surface area contributed by atoms with Gasteiger partial charge in [0.1, 0.15) is 35.4 Å². The minimum absolute atomic E-state index is 0.0887. The number of hydrogen-bond donors (Lipinski definition) is 2. The fraction of sp³-hybridized carbons (Fsp3) is 0.133. The number of esters is 1. The Hall–Kier alpha value is -5.56. The second-order valence-electron chi connectivity index (χ2n) is 8.34. The number of furan rings is 1. The molecule has 0 saturated carbocycles. The van der Waals surface area contributed by atoms with Crippen LogP contribution in [0.3, 0.4) is 0 Å². The van der Waals surface area contributed by atoms with Crippen molar-refractivity contribution >= 4 is 23.7 Å². The van der Waals surface area contributed by atoms with Gasteiger partial charge in [0.2, 0.25) is 5.88 Å². The number of carbonyl (C=O) groups excluding carboxylic acids is 3. The van der Waals surface area contributed by atoms with E-state index in [0.717, 1.165) is 0 Å². The molecule has 202 valence electrons. The molecule has 1 heterocycles. The number of benzene rings is 3. The Labute approximate surface area is 230 Å². The molecule has 4 aromatic rings. The van der Waals surface area contributed by atoms with Gasteiger partial charge in [0, 0.05) is 16.7 Å². The van der Waals surface area contributed by atoms with Crippen LogP contribution in [0.15, 0.2) is 83.3 Å². The van der Waals surface area contributed by atoms with Crippen LogP contribution in [-0.4, -0.2) is 45.2 Å². The normalized spacial score (nSPS) is 10.2. The van der Waals surface area contributed by atoms with Crippen LogP contribution in [0.2, 0.25) is 0 Å². The van der Waals surface area contributed by atoms with Crippen molar-refractivity contribution in [3.8, 4) is 40.0 Å². The van der Waals surface area contributed by atoms with E-state index in [2.05, 4.69) is 16.7 Å². The van der Waals surface area contributed by atoms with Crippen LogP contribution in [0.4, 0.5) is 5.88 Å². The fourth-order valence-electron chi connectivity index (χ4n) is 3.81. The van der Waals surface area contributed by atoms with Gasteiger partial charge in [-0.1, -0.05) is 30.3 Å². The van der Waals surface area contributed by atoms with Gasteiger partial charge < -0.3 is 23.9 Å². The van der Waals surface area contributed by atoms with Crippen LogP contribution < -0.4 is 20.1 Å². The van der Waals surface area contributed by atoms with Crippen LogP contribution in [0.1, 0.15) is 15.9 Å². The number of nitrogens with one attached hydrogen (secondary N) is 2. The fourth-order valence-corrected chi connectivity index (χ4v) is 3.81. The van der Waals surface area contributed by atoms with E-state index in [9.17, 15) is 19.6 Å². The highest BCUT2D eigenvalue weighted by molar-refractivity contribution is 5.98. The van der Waals surface area contributed by atoms with Crippen LogP contribution in [0.25, 0.3) is 22.5 Å². The van der Waals surface area contributed by atoms with E-state index in [-0.39, 0.29) is 11.4 Å². The van der Waals surface area contributed by atoms with Crippen molar-refractivity contribution in [3.63, 3.8) is 0 Å². The molecule has 0 atom stereocenters. The smallest absolute Gasteiger partial charge is 0.325 e. The standard InChI is InChI=1S/C30H25N3O7/c1-37-22-12-8-19(9-13-22)27-24(16-31)30(40-28(27)20-10-14-23(38-2)15-11-20)33-25(34)18-39-26(35)17-32-29(36)21-6-4-3-5-7-21/h3-15H,17-18H2,1-2H3,(H,32,36)(H,33,34). The lowest BCUT2D eigenvalue weighted by molar-refractivity contribution is -0.146. The first-order chi connectivity index (χ1) is 19.4. The molecule has 0 saturated heterocycles. The molecule has 1 aromatic heterocycles. The van der Waals surface area contributed by atoms with Crippen molar-refractivity contribution in [1.29, 1.82) is 5.26 Å². The zero-order chi connectivity index (χ0) is 28.5. The molecule has 0 bridgehead atoms. The van der Waals surface area contributed by atoms with Gasteiger partial charge >= 0.3 is 5.97 Å². The van der Waals surface area contributed by atoms with E-state index in [1.165, 1.54) is 0 Å². The van der Waals surface area contributed by atoms with Gasteiger partial charge in [-0.15, -0.1) is 0 Å². The maximum atomic E-state index is 12.6. The molecular formula is C30H25N3O7. The third-order valence-electron chi connectivity index (χ3n) is 5.80. The molecule has 0 unspecified atom stereocenters. The second-order valence-corrected chi connectivity index (χ2v) is 8.34. The number of amides is 2. The lowest BCUT2D eigenvalue weighted by Crippen LogP contribution is -2.32. The lowest BCUT2D eigenvalue weighted by atomic mass is 9.98. The van der Waals surface area contributed by atoms with Gasteiger partial charge in [-0.05, 0) is 54.1 Å². The van der Waals surface area contributed by atoms with E-state index < -0.39 is 30.9 Å². The van der Waals surface area contributed by atoms with E-state index in [4.69, 9.17) is 18.6 Å². The Morgan fingerprint density at radius 1 is 0.850 bits per heavy atom. The number of hydrogen-bond acceptors (Lipinski definition) is 8. The van der Waals surface area contributed by atoms with Gasteiger partial charge in [-0.3, -0.25) is 19.7 Å². The molecule has 40 heavy (non-hydrogen) atoms. The number of nitriles is 1. The number of methoxy groups -OCH3 is 2. The van der Waals surface area contributed by atoms with Crippen LogP contribution in [0, 0.1) is 11.3 Å². The summed E-state index contributed by atoms with van der Waals surface area (Å²) in [5.41, 5.74) is 2.24. The summed E-state index contributed by atoms with van der Waals surface area (Å²) in [4.78, 5) is 36.8. The van der Waals surface area contributed by atoms with Gasteiger partial charge in [-0.2, -0.15) is 5.26 Å². The summed E-state index contributed by atoms with van der Waals surface area (Å²) in [6, 6.07) is 24.5. The molecule has 10 heteroatoms. The number of rotatable bonds is 10. The van der Waals surface area contributed by atoms with Gasteiger partial charge in [0.25, 0.3) is 11.8 Å². The highest BCUT2D eigenvalue weighted by atomic mass is 16.5. The van der Waals surface area contributed by atoms with Crippen molar-refractivity contribution < 1.29 is 33.0 Å². The number of nitrogens with zero attached hydrogens (tertiary/aromatic N) is 1. The average Bonchev–Trinajstić information content (AvgIpc) is 3.37. The Balaban J connectivity index is 1.50. The van der Waals surface area contributed by atoms with E-state index in [1.54, 1.807) is 93.1 Å². The first-order valence-corrected chi connectivity index (χ1v) is 12.1. The maximum absolute atomic E-state index is 12.6. The Kier molecular flexibility index (Phi) is 8.79. The summed E-state index contributed by atoms with van der Waals surface area (Å²) < 4.78 is 21.4. The minimum atomic E-state index is -0.808. The van der Waals surface area contributed by atoms with Crippen molar-refractivity contribution in [2.75, 3.05) is 32.7 Å². The van der Waals surface area contributed by atoms with Crippen molar-refractivity contribution in [2.24, 2.45) is 0 Å². The summed E-state index contributed by atoms with van der Waals surface area (Å²) in [6.45, 7) is -1.07. The molecule has 2 N–H and O–H groups in total. The van der Waals surface area contributed by atoms with Crippen molar-refractivity contribution in [2.45, 2.75) is 0 Å². The summed E-state index contributed by atoms with van der Waals surface area (Å²) in [6.07, 6.45) is 0. The van der Waals surface area contributed by atoms with Gasteiger partial charge in [0.15, 0.2) is 6.61 Å². The monoisotopic (exact) mass is 539 g/mol. The largest absolute Gasteiger partial charge is 0.497 e. The van der Waals surface area contributed by atoms with Crippen LogP contribution >= 0.6 is 0 Å². The molecule has 0 fully saturated rings. The molecule has 10 nitrogen and oxygen atoms in total. The summed E-state index contributed by atoms with van der Waals surface area (Å²) >= 11 is 0. The molecule has 0 radical (unpaired) electrons. The number of ether oxygens (including phenoxy) is 3. The molecular weight excluding hydrogens is 514 g/mol. The van der Waals surface area contributed by atoms with Crippen LogP contribution in [0.5, 0.6) is 11.5 Å². The van der Waals surface area contributed by atoms with Gasteiger partial charge in [-0.25, -0.2) is 0 Å². The highest BCUT2D eigenvalue weighted by Crippen LogP contribution is 2.42. The SMILES string of the molecule is COc1ccc(-c2oc(NC(=O)COC(=O)CNC(=O)c3ccccc3)c(C#N)c2-c2ccc(OC)cc2)cc1. The molecule has 0 aliphatic heterocycles. The van der Waals surface area contributed by atoms with Crippen LogP contribution in [-0.2, 0) is 14.3 Å². The number of carbonyl (C=O) groups is 3. The molecule has 4 rings (SSSR count). The Morgan fingerprint density at radius 3 is 2.02 bits per heavy atom. The third kappa shape index (κ3) is 6.46. The maximum Gasteiger partial charge on any atom is 0.325 e. The zero-order valence-electron chi connectivity index (χ0n) is 21.7. The first-order valence-electron chi connectivity index (χ1n) is 12.1. The highest BCUT2D eigenvalue weighted by Gasteiger charge is 2.25. The topological polar surface area (TPSA) is 140 Å². The quantitative estimate of drug-likeness (QED) is 0.283. The summed E-state index contributed by atoms with van der Waals surface area (Å²) in [5, 5.41) is 15.0. The predicted octanol–water partition coefficient (Wildman–Crippen LogP) is 4.41. The first kappa shape index (κ1) is 27.5. The second kappa shape index (κ2) is 12.8.